The molecule has 114 valence electrons. The number of nitrogens with one attached hydrogen (secondary N) is 1. The average molecular weight is 311 g/mol. The zero-order valence-electron chi connectivity index (χ0n) is 13.2. The summed E-state index contributed by atoms with van der Waals surface area (Å²) < 4.78 is 0. The molecule has 0 aliphatic carbocycles. The van der Waals surface area contributed by atoms with Gasteiger partial charge in [0.05, 0.1) is 5.25 Å². The van der Waals surface area contributed by atoms with E-state index in [1.165, 1.54) is 16.0 Å². The summed E-state index contributed by atoms with van der Waals surface area (Å²) in [5.74, 6) is 0.0877. The Morgan fingerprint density at radius 1 is 1.09 bits per heavy atom. The summed E-state index contributed by atoms with van der Waals surface area (Å²) in [4.78, 5) is 13.7. The molecule has 2 nitrogen and oxygen atoms in total. The van der Waals surface area contributed by atoms with Crippen LogP contribution in [0, 0.1) is 0 Å². The minimum atomic E-state index is -0.0281. The summed E-state index contributed by atoms with van der Waals surface area (Å²) in [5.41, 5.74) is 3.55. The Morgan fingerprint density at radius 3 is 2.41 bits per heavy atom. The van der Waals surface area contributed by atoms with E-state index in [9.17, 15) is 4.79 Å². The molecule has 2 aromatic rings. The maximum Gasteiger partial charge on any atom is 0.238 e. The van der Waals surface area contributed by atoms with Crippen LogP contribution >= 0.6 is 11.8 Å². The van der Waals surface area contributed by atoms with Crippen molar-refractivity contribution in [2.24, 2.45) is 0 Å². The third-order valence-corrected chi connectivity index (χ3v) is 5.28. The Hall–Kier alpha value is -1.74. The van der Waals surface area contributed by atoms with Gasteiger partial charge >= 0.3 is 0 Å². The van der Waals surface area contributed by atoms with E-state index in [1.54, 1.807) is 11.8 Å². The van der Waals surface area contributed by atoms with Gasteiger partial charge in [-0.05, 0) is 41.2 Å². The normalized spacial score (nSPS) is 17.1. The van der Waals surface area contributed by atoms with Gasteiger partial charge in [-0.2, -0.15) is 0 Å². The third-order valence-electron chi connectivity index (χ3n) is 3.96. The molecular weight excluding hydrogens is 290 g/mol. The second kappa shape index (κ2) is 5.81. The average Bonchev–Trinajstić information content (AvgIpc) is 2.91. The number of fused-ring (bicyclic) bond motifs is 1. The van der Waals surface area contributed by atoms with Crippen LogP contribution in [0.15, 0.2) is 53.4 Å². The monoisotopic (exact) mass is 311 g/mol. The fraction of sp³-hybridized carbons (Fsp3) is 0.316. The molecule has 0 aromatic heterocycles. The van der Waals surface area contributed by atoms with Crippen LogP contribution in [0.1, 0.15) is 31.9 Å². The molecule has 1 atom stereocenters. The van der Waals surface area contributed by atoms with Crippen LogP contribution in [0.4, 0.5) is 5.69 Å². The van der Waals surface area contributed by atoms with Crippen molar-refractivity contribution in [1.29, 1.82) is 0 Å². The van der Waals surface area contributed by atoms with Crippen molar-refractivity contribution in [2.45, 2.75) is 42.8 Å². The number of carbonyl (C=O) groups is 1. The van der Waals surface area contributed by atoms with Crippen molar-refractivity contribution >= 4 is 23.4 Å². The molecule has 3 rings (SSSR count). The highest BCUT2D eigenvalue weighted by molar-refractivity contribution is 8.01. The second-order valence-electron chi connectivity index (χ2n) is 6.73. The van der Waals surface area contributed by atoms with Gasteiger partial charge in [-0.15, -0.1) is 11.8 Å². The number of thioether (sulfide) groups is 1. The molecule has 1 heterocycles. The van der Waals surface area contributed by atoms with Crippen LogP contribution in [0.5, 0.6) is 0 Å². The SMILES string of the molecule is CC(C)(C)c1ccc(NC(=O)C2Cc3ccccc3S2)cc1. The number of benzene rings is 2. The molecule has 1 amide bonds. The van der Waals surface area contributed by atoms with Crippen molar-refractivity contribution in [3.05, 3.63) is 59.7 Å². The lowest BCUT2D eigenvalue weighted by molar-refractivity contribution is -0.115. The summed E-state index contributed by atoms with van der Waals surface area (Å²) in [6.45, 7) is 6.56. The van der Waals surface area contributed by atoms with Gasteiger partial charge in [-0.25, -0.2) is 0 Å². The van der Waals surface area contributed by atoms with Crippen molar-refractivity contribution < 1.29 is 4.79 Å². The van der Waals surface area contributed by atoms with Gasteiger partial charge in [-0.3, -0.25) is 4.79 Å². The minimum absolute atomic E-state index is 0.0281. The predicted molar refractivity (Wildman–Crippen MR) is 93.6 cm³/mol. The minimum Gasteiger partial charge on any atom is -0.325 e. The Bertz CT molecular complexity index is 660. The summed E-state index contributed by atoms with van der Waals surface area (Å²) in [7, 11) is 0. The van der Waals surface area contributed by atoms with E-state index < -0.39 is 0 Å². The maximum absolute atomic E-state index is 12.4. The number of hydrogen-bond donors (Lipinski definition) is 1. The molecule has 0 saturated heterocycles. The highest BCUT2D eigenvalue weighted by Crippen LogP contribution is 2.37. The van der Waals surface area contributed by atoms with Crippen LogP contribution in [-0.2, 0) is 16.6 Å². The first kappa shape index (κ1) is 15.2. The van der Waals surface area contributed by atoms with Crippen LogP contribution < -0.4 is 5.32 Å². The smallest absolute Gasteiger partial charge is 0.238 e. The van der Waals surface area contributed by atoms with Crippen molar-refractivity contribution in [3.8, 4) is 0 Å². The highest BCUT2D eigenvalue weighted by Gasteiger charge is 2.28. The first-order chi connectivity index (χ1) is 10.4. The van der Waals surface area contributed by atoms with Gasteiger partial charge in [-0.1, -0.05) is 51.1 Å². The molecule has 1 aliphatic rings. The lowest BCUT2D eigenvalue weighted by atomic mass is 9.87. The van der Waals surface area contributed by atoms with Gasteiger partial charge < -0.3 is 5.32 Å². The number of carbonyl (C=O) groups excluding carboxylic acids is 1. The molecule has 1 aliphatic heterocycles. The zero-order valence-corrected chi connectivity index (χ0v) is 14.0. The van der Waals surface area contributed by atoms with Gasteiger partial charge in [0, 0.05) is 10.6 Å². The first-order valence-corrected chi connectivity index (χ1v) is 8.47. The summed E-state index contributed by atoms with van der Waals surface area (Å²) >= 11 is 1.66. The Morgan fingerprint density at radius 2 is 1.77 bits per heavy atom. The predicted octanol–water partition coefficient (Wildman–Crippen LogP) is 4.64. The van der Waals surface area contributed by atoms with Crippen LogP contribution in [0.2, 0.25) is 0 Å². The van der Waals surface area contributed by atoms with Gasteiger partial charge in [0.25, 0.3) is 0 Å². The summed E-state index contributed by atoms with van der Waals surface area (Å²) in [6, 6.07) is 16.4. The fourth-order valence-corrected chi connectivity index (χ4v) is 3.80. The van der Waals surface area contributed by atoms with Crippen LogP contribution in [0.3, 0.4) is 0 Å². The number of anilines is 1. The molecule has 22 heavy (non-hydrogen) atoms. The highest BCUT2D eigenvalue weighted by atomic mass is 32.2. The third kappa shape index (κ3) is 3.20. The molecule has 1 unspecified atom stereocenters. The Balaban J connectivity index is 1.66. The van der Waals surface area contributed by atoms with E-state index >= 15 is 0 Å². The van der Waals surface area contributed by atoms with Crippen LogP contribution in [0.25, 0.3) is 0 Å². The Labute approximate surface area is 136 Å². The zero-order chi connectivity index (χ0) is 15.7. The lowest BCUT2D eigenvalue weighted by Gasteiger charge is -2.19. The van der Waals surface area contributed by atoms with Crippen molar-refractivity contribution in [1.82, 2.24) is 0 Å². The van der Waals surface area contributed by atoms with E-state index in [1.807, 2.05) is 24.3 Å². The molecule has 0 radical (unpaired) electrons. The quantitative estimate of drug-likeness (QED) is 0.875. The standard InChI is InChI=1S/C19H21NOS/c1-19(2,3)14-8-10-15(11-9-14)20-18(21)17-12-13-6-4-5-7-16(13)22-17/h4-11,17H,12H2,1-3H3,(H,20,21). The van der Waals surface area contributed by atoms with E-state index in [4.69, 9.17) is 0 Å². The molecule has 0 saturated carbocycles. The van der Waals surface area contributed by atoms with E-state index in [-0.39, 0.29) is 16.6 Å². The summed E-state index contributed by atoms with van der Waals surface area (Å²) in [6.07, 6.45) is 0.812. The molecule has 0 spiro atoms. The van der Waals surface area contributed by atoms with E-state index in [2.05, 4.69) is 50.4 Å². The molecular formula is C19H21NOS. The fourth-order valence-electron chi connectivity index (χ4n) is 2.60. The number of rotatable bonds is 2. The van der Waals surface area contributed by atoms with E-state index in [0.29, 0.717) is 0 Å². The topological polar surface area (TPSA) is 29.1 Å². The number of amides is 1. The second-order valence-corrected chi connectivity index (χ2v) is 7.98. The van der Waals surface area contributed by atoms with Gasteiger partial charge in [0.2, 0.25) is 5.91 Å². The lowest BCUT2D eigenvalue weighted by Crippen LogP contribution is -2.24. The van der Waals surface area contributed by atoms with Crippen molar-refractivity contribution in [3.63, 3.8) is 0 Å². The van der Waals surface area contributed by atoms with Crippen LogP contribution in [-0.4, -0.2) is 11.2 Å². The van der Waals surface area contributed by atoms with Crippen molar-refractivity contribution in [2.75, 3.05) is 5.32 Å². The van der Waals surface area contributed by atoms with Gasteiger partial charge in [0.1, 0.15) is 0 Å². The maximum atomic E-state index is 12.4. The molecule has 0 fully saturated rings. The molecule has 2 aromatic carbocycles. The first-order valence-electron chi connectivity index (χ1n) is 7.59. The number of hydrogen-bond acceptors (Lipinski definition) is 2. The molecule has 3 heteroatoms. The Kier molecular flexibility index (Phi) is 4.00. The van der Waals surface area contributed by atoms with E-state index in [0.717, 1.165) is 12.1 Å². The summed E-state index contributed by atoms with van der Waals surface area (Å²) in [5, 5.41) is 3.01. The molecule has 0 bridgehead atoms. The largest absolute Gasteiger partial charge is 0.325 e. The molecule has 1 N–H and O–H groups in total. The van der Waals surface area contributed by atoms with Gasteiger partial charge in [0.15, 0.2) is 0 Å².